The van der Waals surface area contributed by atoms with Gasteiger partial charge in [0.15, 0.2) is 17.5 Å². The Hall–Kier alpha value is -2.35. The van der Waals surface area contributed by atoms with E-state index in [1.54, 1.807) is 7.11 Å². The Balaban J connectivity index is 2.78. The van der Waals surface area contributed by atoms with E-state index in [1.807, 2.05) is 32.0 Å². The molecule has 1 aromatic rings. The van der Waals surface area contributed by atoms with Crippen molar-refractivity contribution in [2.75, 3.05) is 26.8 Å². The van der Waals surface area contributed by atoms with Gasteiger partial charge in [0, 0.05) is 6.54 Å². The molecular formula is C16H23N3O2. The first kappa shape index (κ1) is 16.7. The molecule has 0 atom stereocenters. The average Bonchev–Trinajstić information content (AvgIpc) is 2.51. The maximum absolute atomic E-state index is 5.49. The molecule has 0 amide bonds. The monoisotopic (exact) mass is 289 g/mol. The van der Waals surface area contributed by atoms with E-state index in [4.69, 9.17) is 15.9 Å². The van der Waals surface area contributed by atoms with Gasteiger partial charge in [-0.1, -0.05) is 12.0 Å². The van der Waals surface area contributed by atoms with Crippen LogP contribution in [0.1, 0.15) is 19.4 Å². The zero-order valence-corrected chi connectivity index (χ0v) is 12.9. The Morgan fingerprint density at radius 1 is 1.29 bits per heavy atom. The lowest BCUT2D eigenvalue weighted by Crippen LogP contribution is -2.37. The fourth-order valence-electron chi connectivity index (χ4n) is 1.73. The largest absolute Gasteiger partial charge is 0.493 e. The number of hydrogen-bond acceptors (Lipinski definition) is 3. The first-order chi connectivity index (χ1) is 10.2. The van der Waals surface area contributed by atoms with Crippen LogP contribution >= 0.6 is 0 Å². The molecule has 1 rings (SSSR count). The molecule has 0 saturated carbocycles. The van der Waals surface area contributed by atoms with Gasteiger partial charge in [-0.15, -0.1) is 6.42 Å². The number of methoxy groups -OCH3 is 1. The lowest BCUT2D eigenvalue weighted by atomic mass is 10.2. The summed E-state index contributed by atoms with van der Waals surface area (Å²) >= 11 is 0. The Morgan fingerprint density at radius 3 is 2.71 bits per heavy atom. The van der Waals surface area contributed by atoms with Crippen molar-refractivity contribution in [3.63, 3.8) is 0 Å². The van der Waals surface area contributed by atoms with Crippen LogP contribution in [0.15, 0.2) is 23.2 Å². The molecule has 0 fully saturated rings. The highest BCUT2D eigenvalue weighted by Gasteiger charge is 2.05. The summed E-state index contributed by atoms with van der Waals surface area (Å²) in [5.41, 5.74) is 1.04. The second kappa shape index (κ2) is 9.54. The fraction of sp³-hybridized carbons (Fsp3) is 0.438. The number of nitrogens with zero attached hydrogens (tertiary/aromatic N) is 1. The molecule has 0 saturated heterocycles. The highest BCUT2D eigenvalue weighted by Crippen LogP contribution is 2.28. The van der Waals surface area contributed by atoms with Crippen molar-refractivity contribution in [1.29, 1.82) is 0 Å². The highest BCUT2D eigenvalue weighted by molar-refractivity contribution is 5.80. The van der Waals surface area contributed by atoms with Crippen molar-refractivity contribution in [3.05, 3.63) is 23.8 Å². The van der Waals surface area contributed by atoms with Gasteiger partial charge < -0.3 is 20.1 Å². The minimum atomic E-state index is 0.443. The second-order valence-corrected chi connectivity index (χ2v) is 4.17. The van der Waals surface area contributed by atoms with E-state index >= 15 is 0 Å². The molecule has 0 bridgehead atoms. The van der Waals surface area contributed by atoms with E-state index < -0.39 is 0 Å². The third-order valence-electron chi connectivity index (χ3n) is 2.65. The van der Waals surface area contributed by atoms with Crippen molar-refractivity contribution < 1.29 is 9.47 Å². The summed E-state index contributed by atoms with van der Waals surface area (Å²) in [7, 11) is 1.63. The molecule has 0 aliphatic heterocycles. The van der Waals surface area contributed by atoms with Gasteiger partial charge in [0.05, 0.1) is 26.8 Å². The molecule has 1 aromatic carbocycles. The molecule has 0 aromatic heterocycles. The molecule has 5 nitrogen and oxygen atoms in total. The van der Waals surface area contributed by atoms with E-state index in [0.717, 1.165) is 17.9 Å². The number of nitrogens with one attached hydrogen (secondary N) is 2. The van der Waals surface area contributed by atoms with Gasteiger partial charge in [-0.05, 0) is 31.5 Å². The smallest absolute Gasteiger partial charge is 0.192 e. The molecule has 114 valence electrons. The van der Waals surface area contributed by atoms with E-state index in [-0.39, 0.29) is 0 Å². The van der Waals surface area contributed by atoms with Gasteiger partial charge in [-0.2, -0.15) is 0 Å². The number of hydrogen-bond donors (Lipinski definition) is 2. The number of ether oxygens (including phenoxy) is 2. The maximum atomic E-state index is 5.49. The molecule has 21 heavy (non-hydrogen) atoms. The molecular weight excluding hydrogens is 266 g/mol. The molecule has 0 spiro atoms. The third-order valence-corrected chi connectivity index (χ3v) is 2.65. The van der Waals surface area contributed by atoms with Crippen LogP contribution in [0.2, 0.25) is 0 Å². The van der Waals surface area contributed by atoms with Crippen molar-refractivity contribution in [2.45, 2.75) is 20.4 Å². The summed E-state index contributed by atoms with van der Waals surface area (Å²) in [5.74, 6) is 4.68. The molecule has 0 heterocycles. The van der Waals surface area contributed by atoms with E-state index in [9.17, 15) is 0 Å². The van der Waals surface area contributed by atoms with Crippen LogP contribution in [-0.4, -0.2) is 32.8 Å². The fourth-order valence-corrected chi connectivity index (χ4v) is 1.73. The van der Waals surface area contributed by atoms with Crippen molar-refractivity contribution in [1.82, 2.24) is 10.6 Å². The molecule has 5 heteroatoms. The van der Waals surface area contributed by atoms with Crippen LogP contribution in [-0.2, 0) is 6.54 Å². The van der Waals surface area contributed by atoms with Gasteiger partial charge in [-0.25, -0.2) is 4.99 Å². The van der Waals surface area contributed by atoms with Gasteiger partial charge in [0.2, 0.25) is 0 Å². The van der Waals surface area contributed by atoms with Crippen LogP contribution in [0.25, 0.3) is 0 Å². The number of aliphatic imine (C=N–C) groups is 1. The van der Waals surface area contributed by atoms with Gasteiger partial charge in [-0.3, -0.25) is 0 Å². The predicted molar refractivity (Wildman–Crippen MR) is 85.8 cm³/mol. The number of rotatable bonds is 7. The first-order valence-electron chi connectivity index (χ1n) is 7.00. The molecule has 0 aliphatic carbocycles. The van der Waals surface area contributed by atoms with Crippen molar-refractivity contribution in [3.8, 4) is 23.8 Å². The Kier molecular flexibility index (Phi) is 7.59. The topological polar surface area (TPSA) is 54.9 Å². The maximum Gasteiger partial charge on any atom is 0.192 e. The summed E-state index contributed by atoms with van der Waals surface area (Å²) in [4.78, 5) is 4.47. The first-order valence-corrected chi connectivity index (χ1v) is 7.00. The summed E-state index contributed by atoms with van der Waals surface area (Å²) in [6.07, 6.45) is 5.24. The van der Waals surface area contributed by atoms with Crippen LogP contribution in [0.4, 0.5) is 0 Å². The van der Waals surface area contributed by atoms with E-state index in [1.165, 1.54) is 0 Å². The third kappa shape index (κ3) is 5.65. The highest BCUT2D eigenvalue weighted by atomic mass is 16.5. The van der Waals surface area contributed by atoms with Crippen LogP contribution in [0, 0.1) is 12.3 Å². The molecule has 0 radical (unpaired) electrons. The van der Waals surface area contributed by atoms with E-state index in [0.29, 0.717) is 31.4 Å². The Labute approximate surface area is 126 Å². The normalized spacial score (nSPS) is 10.7. The molecule has 0 aliphatic rings. The predicted octanol–water partition coefficient (Wildman–Crippen LogP) is 1.78. The van der Waals surface area contributed by atoms with Crippen LogP contribution < -0.4 is 20.1 Å². The SMILES string of the molecule is C#CCNC(=NCc1ccc(OCC)c(OC)c1)NCC. The van der Waals surface area contributed by atoms with E-state index in [2.05, 4.69) is 21.5 Å². The average molecular weight is 289 g/mol. The van der Waals surface area contributed by atoms with Crippen molar-refractivity contribution >= 4 is 5.96 Å². The van der Waals surface area contributed by atoms with Crippen molar-refractivity contribution in [2.24, 2.45) is 4.99 Å². The number of benzene rings is 1. The lowest BCUT2D eigenvalue weighted by molar-refractivity contribution is 0.310. The van der Waals surface area contributed by atoms with Gasteiger partial charge in [0.1, 0.15) is 0 Å². The lowest BCUT2D eigenvalue weighted by Gasteiger charge is -2.11. The van der Waals surface area contributed by atoms with Crippen LogP contribution in [0.5, 0.6) is 11.5 Å². The summed E-state index contributed by atoms with van der Waals surface area (Å²) in [5, 5.41) is 6.18. The summed E-state index contributed by atoms with van der Waals surface area (Å²) < 4.78 is 10.8. The Morgan fingerprint density at radius 2 is 2.10 bits per heavy atom. The molecule has 2 N–H and O–H groups in total. The Bertz CT molecular complexity index is 507. The summed E-state index contributed by atoms with van der Waals surface area (Å²) in [6.45, 7) is 6.31. The minimum Gasteiger partial charge on any atom is -0.493 e. The minimum absolute atomic E-state index is 0.443. The number of terminal acetylenes is 1. The zero-order chi connectivity index (χ0) is 15.5. The van der Waals surface area contributed by atoms with Gasteiger partial charge >= 0.3 is 0 Å². The van der Waals surface area contributed by atoms with Gasteiger partial charge in [0.25, 0.3) is 0 Å². The zero-order valence-electron chi connectivity index (χ0n) is 12.9. The second-order valence-electron chi connectivity index (χ2n) is 4.17. The quantitative estimate of drug-likeness (QED) is 0.456. The summed E-state index contributed by atoms with van der Waals surface area (Å²) in [6, 6.07) is 5.80. The molecule has 0 unspecified atom stereocenters. The number of guanidine groups is 1. The van der Waals surface area contributed by atoms with Crippen LogP contribution in [0.3, 0.4) is 0 Å². The standard InChI is InChI=1S/C16H23N3O2/c1-5-10-18-16(17-6-2)19-12-13-8-9-14(21-7-3)15(11-13)20-4/h1,8-9,11H,6-7,10,12H2,2-4H3,(H2,17,18,19).